The van der Waals surface area contributed by atoms with Crippen molar-refractivity contribution in [2.75, 3.05) is 24.5 Å². The molecular formula is C26H32N4OS. The molecule has 1 N–H and O–H groups in total. The van der Waals surface area contributed by atoms with Gasteiger partial charge in [-0.1, -0.05) is 43.2 Å². The second kappa shape index (κ2) is 8.81. The Morgan fingerprint density at radius 3 is 2.56 bits per heavy atom. The number of hydrogen-bond donors (Lipinski definition) is 1. The highest BCUT2D eigenvalue weighted by Crippen LogP contribution is 2.41. The Kier molecular flexibility index (Phi) is 5.89. The summed E-state index contributed by atoms with van der Waals surface area (Å²) in [4.78, 5) is 26.9. The summed E-state index contributed by atoms with van der Waals surface area (Å²) in [6, 6.07) is 10.8. The molecule has 1 aromatic carbocycles. The topological polar surface area (TPSA) is 58.1 Å². The molecule has 2 fully saturated rings. The lowest BCUT2D eigenvalue weighted by Gasteiger charge is -2.34. The monoisotopic (exact) mass is 448 g/mol. The van der Waals surface area contributed by atoms with Crippen LogP contribution in [0.2, 0.25) is 0 Å². The van der Waals surface area contributed by atoms with Crippen molar-refractivity contribution in [3.63, 3.8) is 0 Å². The van der Waals surface area contributed by atoms with E-state index in [2.05, 4.69) is 64.4 Å². The van der Waals surface area contributed by atoms with Crippen molar-refractivity contribution in [2.45, 2.75) is 57.8 Å². The van der Waals surface area contributed by atoms with Gasteiger partial charge in [-0.05, 0) is 50.7 Å². The lowest BCUT2D eigenvalue weighted by molar-refractivity contribution is -0.125. The summed E-state index contributed by atoms with van der Waals surface area (Å²) in [5.41, 5.74) is 2.77. The Morgan fingerprint density at radius 2 is 1.84 bits per heavy atom. The summed E-state index contributed by atoms with van der Waals surface area (Å²) in [6.07, 6.45) is 8.25. The van der Waals surface area contributed by atoms with Gasteiger partial charge in [0.05, 0.1) is 5.39 Å². The molecule has 1 saturated carbocycles. The van der Waals surface area contributed by atoms with Crippen LogP contribution < -0.4 is 10.2 Å². The van der Waals surface area contributed by atoms with E-state index in [0.717, 1.165) is 43.1 Å². The van der Waals surface area contributed by atoms with E-state index < -0.39 is 0 Å². The number of carbonyl (C=O) groups is 1. The first-order chi connectivity index (χ1) is 15.6. The SMILES string of the molecule is Cc1sc2ncnc(N3CCC(C(=O)NCC4(c5ccccc5)CCCC4)CC3)c2c1C. The fraction of sp³-hybridized carbons (Fsp3) is 0.500. The molecule has 1 amide bonds. The third-order valence-corrected chi connectivity index (χ3v) is 8.77. The molecule has 0 bridgehead atoms. The first kappa shape index (κ1) is 21.4. The lowest BCUT2D eigenvalue weighted by atomic mass is 9.78. The van der Waals surface area contributed by atoms with Crippen molar-refractivity contribution < 1.29 is 4.79 Å². The van der Waals surface area contributed by atoms with Crippen LogP contribution in [0.1, 0.15) is 54.5 Å². The van der Waals surface area contributed by atoms with Gasteiger partial charge in [0.1, 0.15) is 17.0 Å². The summed E-state index contributed by atoms with van der Waals surface area (Å²) >= 11 is 1.74. The Balaban J connectivity index is 1.23. The van der Waals surface area contributed by atoms with Crippen molar-refractivity contribution in [1.82, 2.24) is 15.3 Å². The smallest absolute Gasteiger partial charge is 0.223 e. The van der Waals surface area contributed by atoms with E-state index in [1.54, 1.807) is 17.7 Å². The molecule has 1 saturated heterocycles. The molecule has 2 aliphatic rings. The maximum absolute atomic E-state index is 13.1. The van der Waals surface area contributed by atoms with Gasteiger partial charge in [0.25, 0.3) is 0 Å². The summed E-state index contributed by atoms with van der Waals surface area (Å²) in [5, 5.41) is 4.53. The maximum atomic E-state index is 13.1. The molecule has 168 valence electrons. The summed E-state index contributed by atoms with van der Waals surface area (Å²) in [6.45, 7) is 6.79. The number of fused-ring (bicyclic) bond motifs is 1. The first-order valence-corrected chi connectivity index (χ1v) is 12.7. The average molecular weight is 449 g/mol. The normalized spacial score (nSPS) is 18.9. The Morgan fingerprint density at radius 1 is 1.12 bits per heavy atom. The van der Waals surface area contributed by atoms with Gasteiger partial charge in [0.15, 0.2) is 0 Å². The van der Waals surface area contributed by atoms with E-state index in [1.165, 1.54) is 47.1 Å². The molecule has 6 heteroatoms. The molecule has 3 heterocycles. The predicted octanol–water partition coefficient (Wildman–Crippen LogP) is 5.15. The van der Waals surface area contributed by atoms with E-state index in [-0.39, 0.29) is 17.2 Å². The highest BCUT2D eigenvalue weighted by molar-refractivity contribution is 7.18. The van der Waals surface area contributed by atoms with E-state index in [9.17, 15) is 4.79 Å². The number of aryl methyl sites for hydroxylation is 2. The molecule has 0 atom stereocenters. The molecule has 0 unspecified atom stereocenters. The van der Waals surface area contributed by atoms with Gasteiger partial charge < -0.3 is 10.2 Å². The molecule has 1 aliphatic carbocycles. The van der Waals surface area contributed by atoms with Crippen molar-refractivity contribution in [1.29, 1.82) is 0 Å². The third kappa shape index (κ3) is 3.90. The van der Waals surface area contributed by atoms with Crippen LogP contribution >= 0.6 is 11.3 Å². The predicted molar refractivity (Wildman–Crippen MR) is 131 cm³/mol. The van der Waals surface area contributed by atoms with Crippen LogP contribution in [0.15, 0.2) is 36.7 Å². The number of rotatable bonds is 5. The summed E-state index contributed by atoms with van der Waals surface area (Å²) in [7, 11) is 0. The van der Waals surface area contributed by atoms with Crippen LogP contribution in [0.5, 0.6) is 0 Å². The molecule has 5 rings (SSSR count). The number of thiophene rings is 1. The number of hydrogen-bond acceptors (Lipinski definition) is 5. The fourth-order valence-corrected chi connectivity index (χ4v) is 6.56. The van der Waals surface area contributed by atoms with Crippen molar-refractivity contribution in [2.24, 2.45) is 5.92 Å². The maximum Gasteiger partial charge on any atom is 0.223 e. The van der Waals surface area contributed by atoms with Gasteiger partial charge in [0.2, 0.25) is 5.91 Å². The Labute approximate surface area is 194 Å². The first-order valence-electron chi connectivity index (χ1n) is 11.9. The van der Waals surface area contributed by atoms with Crippen molar-refractivity contribution in [3.05, 3.63) is 52.7 Å². The molecule has 1 aliphatic heterocycles. The van der Waals surface area contributed by atoms with Crippen LogP contribution in [0.4, 0.5) is 5.82 Å². The third-order valence-electron chi connectivity index (χ3n) is 7.66. The minimum absolute atomic E-state index is 0.0862. The zero-order valence-corrected chi connectivity index (χ0v) is 19.9. The number of aromatic nitrogens is 2. The second-order valence-electron chi connectivity index (χ2n) is 9.49. The number of anilines is 1. The standard InChI is InChI=1S/C26H32N4OS/c1-18-19(2)32-25-22(18)23(28-17-29-25)30-14-10-20(11-15-30)24(31)27-16-26(12-6-7-13-26)21-8-4-3-5-9-21/h3-5,8-9,17,20H,6-7,10-16H2,1-2H3,(H,27,31). The molecule has 3 aromatic rings. The number of amides is 1. The van der Waals surface area contributed by atoms with Gasteiger partial charge in [0, 0.05) is 35.8 Å². The van der Waals surface area contributed by atoms with Gasteiger partial charge in [-0.25, -0.2) is 9.97 Å². The van der Waals surface area contributed by atoms with Crippen molar-refractivity contribution in [3.8, 4) is 0 Å². The van der Waals surface area contributed by atoms with E-state index >= 15 is 0 Å². The molecule has 32 heavy (non-hydrogen) atoms. The zero-order valence-electron chi connectivity index (χ0n) is 19.1. The molecule has 5 nitrogen and oxygen atoms in total. The van der Waals surface area contributed by atoms with E-state index in [4.69, 9.17) is 0 Å². The van der Waals surface area contributed by atoms with Crippen LogP contribution in [-0.2, 0) is 10.2 Å². The number of nitrogens with one attached hydrogen (secondary N) is 1. The largest absolute Gasteiger partial charge is 0.356 e. The average Bonchev–Trinajstić information content (AvgIpc) is 3.43. The zero-order chi connectivity index (χ0) is 22.1. The summed E-state index contributed by atoms with van der Waals surface area (Å²) in [5.74, 6) is 1.34. The van der Waals surface area contributed by atoms with Gasteiger partial charge in [-0.2, -0.15) is 0 Å². The highest BCUT2D eigenvalue weighted by atomic mass is 32.1. The number of piperidine rings is 1. The van der Waals surface area contributed by atoms with E-state index in [1.807, 2.05) is 0 Å². The van der Waals surface area contributed by atoms with Gasteiger partial charge in [-0.3, -0.25) is 4.79 Å². The Bertz CT molecular complexity index is 1100. The van der Waals surface area contributed by atoms with Gasteiger partial charge in [-0.15, -0.1) is 11.3 Å². The molecule has 2 aromatic heterocycles. The molecular weight excluding hydrogens is 416 g/mol. The van der Waals surface area contributed by atoms with Crippen LogP contribution in [0.25, 0.3) is 10.2 Å². The summed E-state index contributed by atoms with van der Waals surface area (Å²) < 4.78 is 0. The van der Waals surface area contributed by atoms with Crippen LogP contribution in [0, 0.1) is 19.8 Å². The number of carbonyl (C=O) groups excluding carboxylic acids is 1. The minimum Gasteiger partial charge on any atom is -0.356 e. The molecule has 0 radical (unpaired) electrons. The van der Waals surface area contributed by atoms with Crippen LogP contribution in [-0.4, -0.2) is 35.5 Å². The fourth-order valence-electron chi connectivity index (χ4n) is 5.57. The van der Waals surface area contributed by atoms with E-state index in [0.29, 0.717) is 0 Å². The second-order valence-corrected chi connectivity index (χ2v) is 10.7. The van der Waals surface area contributed by atoms with Crippen molar-refractivity contribution >= 4 is 33.3 Å². The lowest BCUT2D eigenvalue weighted by Crippen LogP contribution is -2.45. The highest BCUT2D eigenvalue weighted by Gasteiger charge is 2.36. The van der Waals surface area contributed by atoms with Gasteiger partial charge >= 0.3 is 0 Å². The number of nitrogens with zero attached hydrogens (tertiary/aromatic N) is 3. The quantitative estimate of drug-likeness (QED) is 0.586. The minimum atomic E-state index is 0.0862. The Hall–Kier alpha value is -2.47. The number of benzene rings is 1. The van der Waals surface area contributed by atoms with Crippen LogP contribution in [0.3, 0.4) is 0 Å². The molecule has 0 spiro atoms.